The zero-order valence-electron chi connectivity index (χ0n) is 29.5. The highest BCUT2D eigenvalue weighted by Crippen LogP contribution is 2.40. The number of carbonyl (C=O) groups excluding carboxylic acids is 2. The van der Waals surface area contributed by atoms with E-state index in [0.717, 1.165) is 45.1 Å². The number of aromatic nitrogens is 2. The van der Waals surface area contributed by atoms with Gasteiger partial charge < -0.3 is 19.7 Å². The van der Waals surface area contributed by atoms with Gasteiger partial charge in [0.05, 0.1) is 11.0 Å². The molecular formula is C34H47ClF3N7O4S. The van der Waals surface area contributed by atoms with E-state index in [-0.39, 0.29) is 35.4 Å². The van der Waals surface area contributed by atoms with Crippen molar-refractivity contribution < 1.29 is 32.2 Å². The van der Waals surface area contributed by atoms with Crippen molar-refractivity contribution in [3.8, 4) is 0 Å². The van der Waals surface area contributed by atoms with Crippen molar-refractivity contribution in [3.63, 3.8) is 0 Å². The molecule has 2 atom stereocenters. The predicted octanol–water partition coefficient (Wildman–Crippen LogP) is 7.95. The number of anilines is 2. The minimum atomic E-state index is -4.32. The largest absolute Gasteiger partial charge is 0.444 e. The van der Waals surface area contributed by atoms with Crippen molar-refractivity contribution in [2.24, 2.45) is 11.3 Å². The Hall–Kier alpha value is -3.27. The van der Waals surface area contributed by atoms with Gasteiger partial charge in [0, 0.05) is 43.4 Å². The van der Waals surface area contributed by atoms with E-state index in [9.17, 15) is 22.8 Å². The van der Waals surface area contributed by atoms with Crippen molar-refractivity contribution >= 4 is 47.2 Å². The Morgan fingerprint density at radius 2 is 1.86 bits per heavy atom. The molecular weight excluding hydrogens is 695 g/mol. The number of pyridine rings is 2. The average molecular weight is 742 g/mol. The lowest BCUT2D eigenvalue weighted by molar-refractivity contribution is -0.217. The number of hydrazine groups is 1. The summed E-state index contributed by atoms with van der Waals surface area (Å²) >= 11 is 7.40. The van der Waals surface area contributed by atoms with E-state index in [1.54, 1.807) is 24.4 Å². The first-order valence-corrected chi connectivity index (χ1v) is 17.7. The van der Waals surface area contributed by atoms with Gasteiger partial charge in [0.15, 0.2) is 0 Å². The third kappa shape index (κ3) is 10.9. The fourth-order valence-electron chi connectivity index (χ4n) is 5.48. The van der Waals surface area contributed by atoms with E-state index in [1.165, 1.54) is 11.1 Å². The molecule has 4 heterocycles. The molecule has 2 aliphatic heterocycles. The van der Waals surface area contributed by atoms with Gasteiger partial charge in [-0.25, -0.2) is 14.8 Å². The Bertz CT molecular complexity index is 1540. The van der Waals surface area contributed by atoms with Crippen LogP contribution in [0.15, 0.2) is 47.6 Å². The molecule has 2 aromatic rings. The molecule has 0 aromatic carbocycles. The maximum absolute atomic E-state index is 13.1. The van der Waals surface area contributed by atoms with Crippen LogP contribution in [0.2, 0.25) is 5.15 Å². The van der Waals surface area contributed by atoms with Crippen LogP contribution in [-0.2, 0) is 9.47 Å². The Kier molecular flexibility index (Phi) is 12.6. The minimum Gasteiger partial charge on any atom is -0.444 e. The summed E-state index contributed by atoms with van der Waals surface area (Å²) < 4.78 is 53.2. The highest BCUT2D eigenvalue weighted by atomic mass is 35.5. The van der Waals surface area contributed by atoms with Crippen LogP contribution >= 0.6 is 23.5 Å². The number of alkyl halides is 3. The second-order valence-electron chi connectivity index (χ2n) is 14.7. The Balaban J connectivity index is 1.19. The zero-order valence-corrected chi connectivity index (χ0v) is 31.1. The standard InChI is InChI=1S/C34H47ClF3N7O4S/c1-31(2,3)49-30(47)44-21-22(20-33(44,6)7)10-9-17-39-24-11-8-12-27(40-24)50-43-29(46)23-13-14-25(41-28(23)35)45-18-15-26(42-45)48-19-16-32(4,5)34(36,37)38/h8,11-15,18,22,26,42H,9-10,16-17,19-21H2,1-7H3,(H,39,40)(H,43,46). The van der Waals surface area contributed by atoms with E-state index in [2.05, 4.69) is 39.3 Å². The van der Waals surface area contributed by atoms with Crippen LogP contribution in [0, 0.1) is 11.3 Å². The molecule has 2 aromatic heterocycles. The highest BCUT2D eigenvalue weighted by molar-refractivity contribution is 7.97. The summed E-state index contributed by atoms with van der Waals surface area (Å²) in [6.07, 6.45) is 0.600. The fraction of sp³-hybridized carbons (Fsp3) is 0.588. The van der Waals surface area contributed by atoms with E-state index < -0.39 is 29.3 Å². The quantitative estimate of drug-likeness (QED) is 0.106. The molecule has 3 N–H and O–H groups in total. The van der Waals surface area contributed by atoms with E-state index >= 15 is 0 Å². The number of halogens is 4. The molecule has 2 amide bonds. The number of carbonyl (C=O) groups is 2. The van der Waals surface area contributed by atoms with Crippen LogP contribution in [0.5, 0.6) is 0 Å². The summed E-state index contributed by atoms with van der Waals surface area (Å²) in [7, 11) is 0. The van der Waals surface area contributed by atoms with Gasteiger partial charge in [-0.2, -0.15) is 18.6 Å². The first-order chi connectivity index (χ1) is 23.2. The van der Waals surface area contributed by atoms with Crippen molar-refractivity contribution in [2.75, 3.05) is 30.0 Å². The molecule has 276 valence electrons. The molecule has 4 rings (SSSR count). The maximum atomic E-state index is 13.1. The zero-order chi connectivity index (χ0) is 36.9. The molecule has 11 nitrogen and oxygen atoms in total. The molecule has 1 saturated heterocycles. The van der Waals surface area contributed by atoms with Crippen LogP contribution in [0.1, 0.15) is 84.5 Å². The fourth-order valence-corrected chi connectivity index (χ4v) is 6.32. The Morgan fingerprint density at radius 3 is 2.54 bits per heavy atom. The number of nitrogens with zero attached hydrogens (tertiary/aromatic N) is 4. The lowest BCUT2D eigenvalue weighted by Crippen LogP contribution is -2.45. The topological polar surface area (TPSA) is 121 Å². The molecule has 2 unspecified atom stereocenters. The van der Waals surface area contributed by atoms with Gasteiger partial charge in [-0.15, -0.1) is 0 Å². The van der Waals surface area contributed by atoms with Crippen LogP contribution < -0.4 is 20.5 Å². The van der Waals surface area contributed by atoms with Gasteiger partial charge in [-0.3, -0.25) is 14.5 Å². The monoisotopic (exact) mass is 741 g/mol. The summed E-state index contributed by atoms with van der Waals surface area (Å²) in [6, 6.07) is 8.59. The molecule has 0 spiro atoms. The van der Waals surface area contributed by atoms with Gasteiger partial charge in [0.1, 0.15) is 33.6 Å². The van der Waals surface area contributed by atoms with Crippen molar-refractivity contribution in [1.82, 2.24) is 25.0 Å². The van der Waals surface area contributed by atoms with Crippen molar-refractivity contribution in [3.05, 3.63) is 53.3 Å². The number of hydrogen-bond donors (Lipinski definition) is 3. The van der Waals surface area contributed by atoms with E-state index in [4.69, 9.17) is 21.1 Å². The third-order valence-corrected chi connectivity index (χ3v) is 9.45. The Labute approximate surface area is 301 Å². The second-order valence-corrected chi connectivity index (χ2v) is 15.9. The molecule has 16 heteroatoms. The van der Waals surface area contributed by atoms with Gasteiger partial charge in [-0.05, 0) is 96.6 Å². The van der Waals surface area contributed by atoms with Crippen LogP contribution in [0.3, 0.4) is 0 Å². The number of hydrogen-bond acceptors (Lipinski definition) is 10. The summed E-state index contributed by atoms with van der Waals surface area (Å²) in [5.41, 5.74) is 0.469. The highest BCUT2D eigenvalue weighted by Gasteiger charge is 2.47. The van der Waals surface area contributed by atoms with E-state index in [1.807, 2.05) is 37.8 Å². The predicted molar refractivity (Wildman–Crippen MR) is 189 cm³/mol. The van der Waals surface area contributed by atoms with Crippen LogP contribution in [0.4, 0.5) is 29.6 Å². The maximum Gasteiger partial charge on any atom is 0.410 e. The number of rotatable bonds is 13. The lowest BCUT2D eigenvalue weighted by Gasteiger charge is -2.33. The number of nitrogens with one attached hydrogen (secondary N) is 3. The summed E-state index contributed by atoms with van der Waals surface area (Å²) in [5, 5.41) is 5.39. The van der Waals surface area contributed by atoms with Gasteiger partial charge in [-0.1, -0.05) is 31.5 Å². The molecule has 0 saturated carbocycles. The van der Waals surface area contributed by atoms with Gasteiger partial charge in [0.25, 0.3) is 5.91 Å². The summed E-state index contributed by atoms with van der Waals surface area (Å²) in [4.78, 5) is 36.3. The number of ether oxygens (including phenoxy) is 2. The third-order valence-electron chi connectivity index (χ3n) is 8.43. The van der Waals surface area contributed by atoms with E-state index in [0.29, 0.717) is 35.7 Å². The van der Waals surface area contributed by atoms with Gasteiger partial charge in [0.2, 0.25) is 0 Å². The normalized spacial score (nSPS) is 19.2. The smallest absolute Gasteiger partial charge is 0.410 e. The first-order valence-electron chi connectivity index (χ1n) is 16.5. The van der Waals surface area contributed by atoms with Gasteiger partial charge >= 0.3 is 12.3 Å². The van der Waals surface area contributed by atoms with Crippen molar-refractivity contribution in [2.45, 2.75) is 103 Å². The minimum absolute atomic E-state index is 0.0321. The lowest BCUT2D eigenvalue weighted by atomic mass is 9.89. The molecule has 1 fully saturated rings. The first kappa shape index (κ1) is 39.5. The van der Waals surface area contributed by atoms with Crippen molar-refractivity contribution in [1.29, 1.82) is 0 Å². The molecule has 0 bridgehead atoms. The second kappa shape index (κ2) is 16.0. The molecule has 0 radical (unpaired) electrons. The number of amides is 2. The van der Waals surface area contributed by atoms with Crippen LogP contribution in [-0.4, -0.2) is 70.1 Å². The van der Waals surface area contributed by atoms with Crippen LogP contribution in [0.25, 0.3) is 0 Å². The number of likely N-dealkylation sites (tertiary alicyclic amines) is 1. The molecule has 0 aliphatic carbocycles. The molecule has 2 aliphatic rings. The summed E-state index contributed by atoms with van der Waals surface area (Å²) in [6.45, 7) is 13.3. The molecule has 50 heavy (non-hydrogen) atoms. The Morgan fingerprint density at radius 1 is 1.12 bits per heavy atom. The average Bonchev–Trinajstić information content (AvgIpc) is 3.60. The SMILES string of the molecule is CC(C)(C)OC(=O)N1CC(CCCNc2cccc(SNC(=O)c3ccc(N4C=CC(OCCC(C)(C)C(F)(F)F)N4)nc3Cl)n2)CC1(C)C. The summed E-state index contributed by atoms with van der Waals surface area (Å²) in [5.74, 6) is 0.964.